The number of nitrogens with zero attached hydrogens (tertiary/aromatic N) is 5. The van der Waals surface area contributed by atoms with Gasteiger partial charge < -0.3 is 19.1 Å². The molecule has 1 saturated heterocycles. The van der Waals surface area contributed by atoms with Crippen LogP contribution in [0.5, 0.6) is 0 Å². The predicted molar refractivity (Wildman–Crippen MR) is 90.7 cm³/mol. The minimum absolute atomic E-state index is 0.140. The summed E-state index contributed by atoms with van der Waals surface area (Å²) < 4.78 is 7.75. The Hall–Kier alpha value is -2.41. The topological polar surface area (TPSA) is 63.5 Å². The predicted octanol–water partition coefficient (Wildman–Crippen LogP) is 1.33. The summed E-state index contributed by atoms with van der Waals surface area (Å²) in [5, 5.41) is 0. The van der Waals surface area contributed by atoms with Crippen molar-refractivity contribution in [2.24, 2.45) is 0 Å². The minimum atomic E-state index is -0.171. The molecule has 1 fully saturated rings. The first-order valence-electron chi connectivity index (χ1n) is 8.13. The summed E-state index contributed by atoms with van der Waals surface area (Å²) in [5.41, 5.74) is 0.869. The maximum absolute atomic E-state index is 12.5. The molecule has 0 aromatic carbocycles. The number of morpholine rings is 1. The number of hydrogen-bond donors (Lipinski definition) is 0. The Balaban J connectivity index is 1.61. The van der Waals surface area contributed by atoms with Gasteiger partial charge in [0, 0.05) is 46.0 Å². The van der Waals surface area contributed by atoms with Gasteiger partial charge in [0.05, 0.1) is 25.2 Å². The summed E-state index contributed by atoms with van der Waals surface area (Å²) in [7, 11) is 3.92. The van der Waals surface area contributed by atoms with Gasteiger partial charge in [0.25, 0.3) is 0 Å². The standard InChI is InChI=1S/C17H23N5O2/c1-20(2)16-5-3-4-14(19-16)15-12-22(10-11-24-15)17(23)6-8-21-9-7-18-13-21/h3-5,7,9,13,15H,6,8,10-12H2,1-2H3/t15-/m1/s1. The monoisotopic (exact) mass is 329 g/mol. The number of amides is 1. The van der Waals surface area contributed by atoms with Crippen molar-refractivity contribution in [1.29, 1.82) is 0 Å². The van der Waals surface area contributed by atoms with Gasteiger partial charge in [-0.1, -0.05) is 6.07 Å². The zero-order valence-electron chi connectivity index (χ0n) is 14.1. The van der Waals surface area contributed by atoms with Gasteiger partial charge >= 0.3 is 0 Å². The molecule has 2 aromatic rings. The highest BCUT2D eigenvalue weighted by atomic mass is 16.5. The average molecular weight is 329 g/mol. The van der Waals surface area contributed by atoms with E-state index >= 15 is 0 Å². The van der Waals surface area contributed by atoms with E-state index < -0.39 is 0 Å². The molecule has 1 amide bonds. The second-order valence-corrected chi connectivity index (χ2v) is 6.06. The first-order valence-corrected chi connectivity index (χ1v) is 8.13. The van der Waals surface area contributed by atoms with Gasteiger partial charge in [-0.25, -0.2) is 9.97 Å². The van der Waals surface area contributed by atoms with Gasteiger partial charge in [0.1, 0.15) is 11.9 Å². The number of ether oxygens (including phenoxy) is 1. The SMILES string of the molecule is CN(C)c1cccc([C@H]2CN(C(=O)CCn3ccnc3)CCO2)n1. The highest BCUT2D eigenvalue weighted by Crippen LogP contribution is 2.23. The first-order chi connectivity index (χ1) is 11.6. The number of carbonyl (C=O) groups excluding carboxylic acids is 1. The van der Waals surface area contributed by atoms with E-state index in [1.807, 2.05) is 52.9 Å². The Kier molecular flexibility index (Phi) is 5.10. The molecule has 2 aromatic heterocycles. The minimum Gasteiger partial charge on any atom is -0.368 e. The number of imidazole rings is 1. The number of aryl methyl sites for hydroxylation is 1. The van der Waals surface area contributed by atoms with E-state index in [9.17, 15) is 4.79 Å². The van der Waals surface area contributed by atoms with E-state index in [0.29, 0.717) is 32.7 Å². The molecule has 0 bridgehead atoms. The molecule has 3 rings (SSSR count). The maximum Gasteiger partial charge on any atom is 0.224 e. The summed E-state index contributed by atoms with van der Waals surface area (Å²) in [6.45, 7) is 2.36. The highest BCUT2D eigenvalue weighted by molar-refractivity contribution is 5.76. The fourth-order valence-corrected chi connectivity index (χ4v) is 2.72. The summed E-state index contributed by atoms with van der Waals surface area (Å²) >= 11 is 0. The lowest BCUT2D eigenvalue weighted by Gasteiger charge is -2.33. The van der Waals surface area contributed by atoms with Crippen LogP contribution in [-0.2, 0) is 16.1 Å². The Bertz CT molecular complexity index is 671. The Labute approximate surface area is 141 Å². The second kappa shape index (κ2) is 7.44. The average Bonchev–Trinajstić information content (AvgIpc) is 3.13. The zero-order chi connectivity index (χ0) is 16.9. The van der Waals surface area contributed by atoms with E-state index in [1.54, 1.807) is 12.5 Å². The fourth-order valence-electron chi connectivity index (χ4n) is 2.72. The normalized spacial score (nSPS) is 17.8. The Morgan fingerprint density at radius 3 is 3.04 bits per heavy atom. The molecule has 0 unspecified atom stereocenters. The molecule has 7 nitrogen and oxygen atoms in total. The van der Waals surface area contributed by atoms with Crippen molar-refractivity contribution in [1.82, 2.24) is 19.4 Å². The Morgan fingerprint density at radius 1 is 1.42 bits per heavy atom. The van der Waals surface area contributed by atoms with Crippen LogP contribution in [0.25, 0.3) is 0 Å². The van der Waals surface area contributed by atoms with E-state index in [-0.39, 0.29) is 12.0 Å². The number of hydrogen-bond acceptors (Lipinski definition) is 5. The third-order valence-corrected chi connectivity index (χ3v) is 4.11. The van der Waals surface area contributed by atoms with Crippen molar-refractivity contribution < 1.29 is 9.53 Å². The lowest BCUT2D eigenvalue weighted by Crippen LogP contribution is -2.42. The highest BCUT2D eigenvalue weighted by Gasteiger charge is 2.26. The van der Waals surface area contributed by atoms with Gasteiger partial charge in [-0.15, -0.1) is 0 Å². The molecule has 24 heavy (non-hydrogen) atoms. The van der Waals surface area contributed by atoms with Gasteiger partial charge in [-0.3, -0.25) is 4.79 Å². The van der Waals surface area contributed by atoms with Crippen molar-refractivity contribution in [2.45, 2.75) is 19.1 Å². The molecule has 0 spiro atoms. The number of pyridine rings is 1. The van der Waals surface area contributed by atoms with Crippen LogP contribution in [0.4, 0.5) is 5.82 Å². The second-order valence-electron chi connectivity index (χ2n) is 6.06. The van der Waals surface area contributed by atoms with Gasteiger partial charge in [-0.2, -0.15) is 0 Å². The number of carbonyl (C=O) groups is 1. The van der Waals surface area contributed by atoms with E-state index in [0.717, 1.165) is 11.5 Å². The van der Waals surface area contributed by atoms with Crippen molar-refractivity contribution in [2.75, 3.05) is 38.7 Å². The third-order valence-electron chi connectivity index (χ3n) is 4.11. The molecule has 1 aliphatic rings. The molecule has 1 aliphatic heterocycles. The van der Waals surface area contributed by atoms with Gasteiger partial charge in [-0.05, 0) is 12.1 Å². The zero-order valence-corrected chi connectivity index (χ0v) is 14.1. The van der Waals surface area contributed by atoms with Crippen molar-refractivity contribution >= 4 is 11.7 Å². The van der Waals surface area contributed by atoms with Crippen LogP contribution in [-0.4, -0.2) is 59.1 Å². The van der Waals surface area contributed by atoms with Gasteiger partial charge in [0.15, 0.2) is 0 Å². The number of rotatable bonds is 5. The summed E-state index contributed by atoms with van der Waals surface area (Å²) in [6, 6.07) is 5.89. The van der Waals surface area contributed by atoms with Crippen molar-refractivity contribution in [3.63, 3.8) is 0 Å². The largest absolute Gasteiger partial charge is 0.368 e. The van der Waals surface area contributed by atoms with Gasteiger partial charge in [0.2, 0.25) is 5.91 Å². The van der Waals surface area contributed by atoms with Crippen molar-refractivity contribution in [3.05, 3.63) is 42.6 Å². The lowest BCUT2D eigenvalue weighted by atomic mass is 10.1. The fraction of sp³-hybridized carbons (Fsp3) is 0.471. The van der Waals surface area contributed by atoms with Crippen molar-refractivity contribution in [3.8, 4) is 0 Å². The van der Waals surface area contributed by atoms with E-state index in [1.165, 1.54) is 0 Å². The lowest BCUT2D eigenvalue weighted by molar-refractivity contribution is -0.139. The quantitative estimate of drug-likeness (QED) is 0.828. The molecule has 7 heteroatoms. The molecule has 0 N–H and O–H groups in total. The van der Waals surface area contributed by atoms with Crippen LogP contribution in [0, 0.1) is 0 Å². The van der Waals surface area contributed by atoms with Crippen LogP contribution in [0.15, 0.2) is 36.9 Å². The molecule has 0 radical (unpaired) electrons. The van der Waals surface area contributed by atoms with Crippen LogP contribution in [0.2, 0.25) is 0 Å². The number of aromatic nitrogens is 3. The third kappa shape index (κ3) is 3.91. The summed E-state index contributed by atoms with van der Waals surface area (Å²) in [4.78, 5) is 24.9. The van der Waals surface area contributed by atoms with E-state index in [4.69, 9.17) is 4.74 Å². The van der Waals surface area contributed by atoms with Crippen LogP contribution in [0.3, 0.4) is 0 Å². The smallest absolute Gasteiger partial charge is 0.224 e. The molecule has 128 valence electrons. The van der Waals surface area contributed by atoms with E-state index in [2.05, 4.69) is 9.97 Å². The van der Waals surface area contributed by atoms with Crippen LogP contribution >= 0.6 is 0 Å². The molecule has 0 saturated carbocycles. The maximum atomic E-state index is 12.5. The van der Waals surface area contributed by atoms with Crippen LogP contribution in [0.1, 0.15) is 18.2 Å². The molecular weight excluding hydrogens is 306 g/mol. The number of anilines is 1. The summed E-state index contributed by atoms with van der Waals surface area (Å²) in [6.07, 6.45) is 5.61. The van der Waals surface area contributed by atoms with Crippen LogP contribution < -0.4 is 4.90 Å². The molecule has 1 atom stereocenters. The molecule has 0 aliphatic carbocycles. The Morgan fingerprint density at radius 2 is 2.29 bits per heavy atom. The molecular formula is C17H23N5O2. The first kappa shape index (κ1) is 16.4. The molecule has 3 heterocycles. The summed E-state index contributed by atoms with van der Waals surface area (Å²) in [5.74, 6) is 1.03.